The first-order chi connectivity index (χ1) is 14.2. The van der Waals surface area contributed by atoms with E-state index in [1.165, 1.54) is 0 Å². The van der Waals surface area contributed by atoms with Crippen molar-refractivity contribution in [2.24, 2.45) is 5.10 Å². The zero-order valence-electron chi connectivity index (χ0n) is 16.2. The second-order valence-electron chi connectivity index (χ2n) is 7.17. The van der Waals surface area contributed by atoms with Crippen LogP contribution in [0.25, 0.3) is 0 Å². The van der Waals surface area contributed by atoms with E-state index in [0.717, 1.165) is 33.9 Å². The Morgan fingerprint density at radius 1 is 1.03 bits per heavy atom. The first-order valence-electron chi connectivity index (χ1n) is 9.87. The van der Waals surface area contributed by atoms with E-state index in [2.05, 4.69) is 6.07 Å². The van der Waals surface area contributed by atoms with E-state index in [1.807, 2.05) is 72.6 Å². The van der Waals surface area contributed by atoms with Gasteiger partial charge >= 0.3 is 0 Å². The first-order valence-corrected chi connectivity index (χ1v) is 9.87. The summed E-state index contributed by atoms with van der Waals surface area (Å²) in [5, 5.41) is 17.2. The SMILES string of the molecule is CCOc1ccc([C@@H]2Oc3ccccc3[C@H]3CC(c4ccccc4O)=NN32)cc1. The molecule has 0 unspecified atom stereocenters. The summed E-state index contributed by atoms with van der Waals surface area (Å²) in [6, 6.07) is 23.5. The molecule has 0 aliphatic carbocycles. The second kappa shape index (κ2) is 7.17. The Morgan fingerprint density at radius 2 is 1.79 bits per heavy atom. The van der Waals surface area contributed by atoms with E-state index < -0.39 is 0 Å². The van der Waals surface area contributed by atoms with Crippen LogP contribution < -0.4 is 9.47 Å². The molecule has 2 atom stereocenters. The molecule has 0 radical (unpaired) electrons. The van der Waals surface area contributed by atoms with Crippen molar-refractivity contribution in [2.45, 2.75) is 25.6 Å². The lowest BCUT2D eigenvalue weighted by Gasteiger charge is -2.38. The Labute approximate surface area is 169 Å². The Morgan fingerprint density at radius 3 is 2.59 bits per heavy atom. The van der Waals surface area contributed by atoms with Gasteiger partial charge in [-0.1, -0.05) is 30.3 Å². The molecule has 0 saturated carbocycles. The Kier molecular flexibility index (Phi) is 4.35. The van der Waals surface area contributed by atoms with Crippen molar-refractivity contribution in [3.05, 3.63) is 89.5 Å². The minimum atomic E-state index is -0.339. The van der Waals surface area contributed by atoms with Crippen LogP contribution in [0, 0.1) is 0 Å². The summed E-state index contributed by atoms with van der Waals surface area (Å²) in [7, 11) is 0. The maximum atomic E-state index is 10.3. The monoisotopic (exact) mass is 386 g/mol. The smallest absolute Gasteiger partial charge is 0.213 e. The Bertz CT molecular complexity index is 1060. The van der Waals surface area contributed by atoms with Gasteiger partial charge in [0.15, 0.2) is 0 Å². The van der Waals surface area contributed by atoms with Gasteiger partial charge in [0.2, 0.25) is 6.23 Å². The number of phenols is 1. The molecule has 0 saturated heterocycles. The average molecular weight is 386 g/mol. The number of hydrogen-bond acceptors (Lipinski definition) is 5. The van der Waals surface area contributed by atoms with Crippen LogP contribution in [0.15, 0.2) is 77.9 Å². The molecule has 2 aliphatic rings. The third-order valence-corrected chi connectivity index (χ3v) is 5.39. The summed E-state index contributed by atoms with van der Waals surface area (Å²) in [5.74, 6) is 1.96. The summed E-state index contributed by atoms with van der Waals surface area (Å²) in [6.45, 7) is 2.61. The molecule has 29 heavy (non-hydrogen) atoms. The topological polar surface area (TPSA) is 54.3 Å². The van der Waals surface area contributed by atoms with E-state index in [1.54, 1.807) is 6.07 Å². The number of phenolic OH excluding ortho intramolecular Hbond substituents is 1. The molecule has 0 aromatic heterocycles. The zero-order valence-corrected chi connectivity index (χ0v) is 16.2. The van der Waals surface area contributed by atoms with Gasteiger partial charge in [0.1, 0.15) is 17.2 Å². The van der Waals surface area contributed by atoms with E-state index >= 15 is 0 Å². The lowest BCUT2D eigenvalue weighted by molar-refractivity contribution is -0.0190. The molecule has 0 amide bonds. The van der Waals surface area contributed by atoms with Crippen molar-refractivity contribution < 1.29 is 14.6 Å². The number of rotatable bonds is 4. The summed E-state index contributed by atoms with van der Waals surface area (Å²) in [4.78, 5) is 0. The Balaban J connectivity index is 1.56. The Hall–Kier alpha value is -3.47. The molecule has 0 bridgehead atoms. The van der Waals surface area contributed by atoms with Crippen LogP contribution >= 0.6 is 0 Å². The number of nitrogens with zero attached hydrogens (tertiary/aromatic N) is 2. The first kappa shape index (κ1) is 17.6. The molecule has 146 valence electrons. The highest BCUT2D eigenvalue weighted by Crippen LogP contribution is 2.47. The molecule has 0 fully saturated rings. The van der Waals surface area contributed by atoms with Crippen molar-refractivity contribution in [1.29, 1.82) is 0 Å². The van der Waals surface area contributed by atoms with E-state index in [-0.39, 0.29) is 18.0 Å². The predicted molar refractivity (Wildman–Crippen MR) is 111 cm³/mol. The van der Waals surface area contributed by atoms with Gasteiger partial charge in [-0.15, -0.1) is 0 Å². The molecule has 3 aromatic rings. The number of benzene rings is 3. The minimum Gasteiger partial charge on any atom is -0.507 e. The van der Waals surface area contributed by atoms with Crippen LogP contribution in [0.2, 0.25) is 0 Å². The van der Waals surface area contributed by atoms with Crippen LogP contribution in [-0.2, 0) is 0 Å². The highest BCUT2D eigenvalue weighted by Gasteiger charge is 2.41. The fourth-order valence-electron chi connectivity index (χ4n) is 4.03. The van der Waals surface area contributed by atoms with Crippen molar-refractivity contribution in [3.63, 3.8) is 0 Å². The van der Waals surface area contributed by atoms with Gasteiger partial charge in [-0.3, -0.25) is 0 Å². The quantitative estimate of drug-likeness (QED) is 0.683. The van der Waals surface area contributed by atoms with E-state index in [9.17, 15) is 5.11 Å². The third kappa shape index (κ3) is 3.09. The van der Waals surface area contributed by atoms with Gasteiger partial charge in [-0.05, 0) is 49.4 Å². The number of fused-ring (bicyclic) bond motifs is 3. The van der Waals surface area contributed by atoms with Crippen LogP contribution in [0.1, 0.15) is 42.3 Å². The van der Waals surface area contributed by atoms with Gasteiger partial charge in [0.05, 0.1) is 18.4 Å². The zero-order chi connectivity index (χ0) is 19.8. The number of aromatic hydroxyl groups is 1. The summed E-state index contributed by atoms with van der Waals surface area (Å²) in [5.41, 5.74) is 3.76. The maximum Gasteiger partial charge on any atom is 0.213 e. The standard InChI is InChI=1S/C24H22N2O3/c1-2-28-17-13-11-16(12-14-17)24-26-21(19-8-4-6-10-23(19)29-24)15-20(25-26)18-7-3-5-9-22(18)27/h3-14,21,24,27H,2,15H2,1H3/t21-,24+/m1/s1. The molecular formula is C24H22N2O3. The van der Waals surface area contributed by atoms with Crippen LogP contribution in [0.4, 0.5) is 0 Å². The summed E-state index contributed by atoms with van der Waals surface area (Å²) in [6.07, 6.45) is 0.375. The van der Waals surface area contributed by atoms with Gasteiger partial charge in [-0.2, -0.15) is 5.10 Å². The number of para-hydroxylation sites is 2. The van der Waals surface area contributed by atoms with Gasteiger partial charge in [0.25, 0.3) is 0 Å². The molecule has 3 aromatic carbocycles. The molecule has 1 N–H and O–H groups in total. The fraction of sp³-hybridized carbons (Fsp3) is 0.208. The lowest BCUT2D eigenvalue weighted by atomic mass is 9.95. The largest absolute Gasteiger partial charge is 0.507 e. The minimum absolute atomic E-state index is 0.0612. The van der Waals surface area contributed by atoms with Crippen LogP contribution in [-0.4, -0.2) is 22.4 Å². The maximum absolute atomic E-state index is 10.3. The highest BCUT2D eigenvalue weighted by atomic mass is 16.5. The molecule has 5 rings (SSSR count). The van der Waals surface area contributed by atoms with Gasteiger partial charge < -0.3 is 14.6 Å². The normalized spacial score (nSPS) is 19.8. The number of ether oxygens (including phenoxy) is 2. The van der Waals surface area contributed by atoms with Gasteiger partial charge in [-0.25, -0.2) is 5.01 Å². The molecule has 2 heterocycles. The van der Waals surface area contributed by atoms with E-state index in [0.29, 0.717) is 13.0 Å². The third-order valence-electron chi connectivity index (χ3n) is 5.39. The van der Waals surface area contributed by atoms with Crippen LogP contribution in [0.5, 0.6) is 17.2 Å². The van der Waals surface area contributed by atoms with Crippen molar-refractivity contribution in [1.82, 2.24) is 5.01 Å². The summed E-state index contributed by atoms with van der Waals surface area (Å²) >= 11 is 0. The molecular weight excluding hydrogens is 364 g/mol. The van der Waals surface area contributed by atoms with E-state index in [4.69, 9.17) is 14.6 Å². The fourth-order valence-corrected chi connectivity index (χ4v) is 4.03. The van der Waals surface area contributed by atoms with Gasteiger partial charge in [0, 0.05) is 23.1 Å². The molecule has 2 aliphatic heterocycles. The second-order valence-corrected chi connectivity index (χ2v) is 7.17. The van der Waals surface area contributed by atoms with Crippen LogP contribution in [0.3, 0.4) is 0 Å². The highest BCUT2D eigenvalue weighted by molar-refractivity contribution is 6.04. The summed E-state index contributed by atoms with van der Waals surface area (Å²) < 4.78 is 11.9. The molecule has 5 nitrogen and oxygen atoms in total. The molecule has 5 heteroatoms. The molecule has 0 spiro atoms. The average Bonchev–Trinajstić information content (AvgIpc) is 3.20. The number of hydrogen-bond donors (Lipinski definition) is 1. The predicted octanol–water partition coefficient (Wildman–Crippen LogP) is 5.03. The lowest BCUT2D eigenvalue weighted by Crippen LogP contribution is -2.33. The number of hydrazone groups is 1. The van der Waals surface area contributed by atoms with Crippen molar-refractivity contribution >= 4 is 5.71 Å². The van der Waals surface area contributed by atoms with Crippen molar-refractivity contribution in [2.75, 3.05) is 6.61 Å². The van der Waals surface area contributed by atoms with Crippen molar-refractivity contribution in [3.8, 4) is 17.2 Å².